The number of benzene rings is 1. The average molecular weight is 238 g/mol. The van der Waals surface area contributed by atoms with E-state index in [1.54, 1.807) is 14.2 Å². The molecule has 1 rings (SSSR count). The molecule has 0 aliphatic rings. The van der Waals surface area contributed by atoms with E-state index in [-0.39, 0.29) is 0 Å². The minimum absolute atomic E-state index is 0.433. The molecule has 0 heterocycles. The molecule has 0 aliphatic carbocycles. The molecule has 0 amide bonds. The summed E-state index contributed by atoms with van der Waals surface area (Å²) < 4.78 is 10.4. The van der Waals surface area contributed by atoms with Crippen LogP contribution in [0.25, 0.3) is 0 Å². The van der Waals surface area contributed by atoms with Crippen LogP contribution >= 0.6 is 0 Å². The smallest absolute Gasteiger partial charge is 0.161 e. The maximum Gasteiger partial charge on any atom is 0.161 e. The maximum absolute atomic E-state index is 10.1. The molecule has 1 aromatic carbocycles. The molecule has 1 aromatic rings. The van der Waals surface area contributed by atoms with E-state index >= 15 is 0 Å². The molecular weight excluding hydrogens is 216 g/mol. The molecule has 0 fully saturated rings. The molecule has 0 aromatic heterocycles. The summed E-state index contributed by atoms with van der Waals surface area (Å²) in [4.78, 5) is 0. The van der Waals surface area contributed by atoms with Gasteiger partial charge in [-0.3, -0.25) is 0 Å². The molecule has 0 saturated heterocycles. The van der Waals surface area contributed by atoms with Gasteiger partial charge in [0.25, 0.3) is 0 Å². The molecule has 1 N–H and O–H groups in total. The van der Waals surface area contributed by atoms with E-state index in [0.717, 1.165) is 18.4 Å². The molecule has 17 heavy (non-hydrogen) atoms. The van der Waals surface area contributed by atoms with Crippen LogP contribution < -0.4 is 9.47 Å². The van der Waals surface area contributed by atoms with Crippen molar-refractivity contribution in [1.82, 2.24) is 0 Å². The number of methoxy groups -OCH3 is 2. The predicted octanol–water partition coefficient (Wildman–Crippen LogP) is 3.17. The van der Waals surface area contributed by atoms with Crippen molar-refractivity contribution in [3.05, 3.63) is 23.8 Å². The summed E-state index contributed by atoms with van der Waals surface area (Å²) in [5.41, 5.74) is 0.878. The Hall–Kier alpha value is -1.22. The SMILES string of the molecule is COc1ccc(C(O)CCC(C)C)cc1OC. The average Bonchev–Trinajstić information content (AvgIpc) is 2.34. The van der Waals surface area contributed by atoms with E-state index in [9.17, 15) is 5.11 Å². The summed E-state index contributed by atoms with van der Waals surface area (Å²) >= 11 is 0. The fourth-order valence-corrected chi connectivity index (χ4v) is 1.72. The molecule has 3 nitrogen and oxygen atoms in total. The Kier molecular flexibility index (Phi) is 5.29. The lowest BCUT2D eigenvalue weighted by Crippen LogP contribution is -2.01. The van der Waals surface area contributed by atoms with Crippen molar-refractivity contribution in [2.75, 3.05) is 14.2 Å². The van der Waals surface area contributed by atoms with Gasteiger partial charge in [0.15, 0.2) is 11.5 Å². The van der Waals surface area contributed by atoms with Gasteiger partial charge in [-0.1, -0.05) is 19.9 Å². The summed E-state index contributed by atoms with van der Waals surface area (Å²) in [5, 5.41) is 10.1. The predicted molar refractivity (Wildman–Crippen MR) is 68.6 cm³/mol. The highest BCUT2D eigenvalue weighted by molar-refractivity contribution is 5.43. The van der Waals surface area contributed by atoms with Gasteiger partial charge in [0.1, 0.15) is 0 Å². The maximum atomic E-state index is 10.1. The lowest BCUT2D eigenvalue weighted by atomic mass is 9.99. The van der Waals surface area contributed by atoms with Gasteiger partial charge >= 0.3 is 0 Å². The van der Waals surface area contributed by atoms with E-state index in [2.05, 4.69) is 13.8 Å². The standard InChI is InChI=1S/C14H22O3/c1-10(2)5-7-12(15)11-6-8-13(16-3)14(9-11)17-4/h6,8-10,12,15H,5,7H2,1-4H3. The summed E-state index contributed by atoms with van der Waals surface area (Å²) in [7, 11) is 3.20. The van der Waals surface area contributed by atoms with E-state index in [1.165, 1.54) is 0 Å². The number of aliphatic hydroxyl groups excluding tert-OH is 1. The number of hydrogen-bond donors (Lipinski definition) is 1. The Morgan fingerprint density at radius 3 is 2.24 bits per heavy atom. The van der Waals surface area contributed by atoms with Crippen molar-refractivity contribution in [3.63, 3.8) is 0 Å². The molecule has 1 atom stereocenters. The molecule has 0 radical (unpaired) electrons. The van der Waals surface area contributed by atoms with Crippen molar-refractivity contribution in [2.24, 2.45) is 5.92 Å². The monoisotopic (exact) mass is 238 g/mol. The van der Waals surface area contributed by atoms with Gasteiger partial charge in [-0.25, -0.2) is 0 Å². The van der Waals surface area contributed by atoms with Crippen LogP contribution in [0.3, 0.4) is 0 Å². The second-order valence-corrected chi connectivity index (χ2v) is 4.60. The van der Waals surface area contributed by atoms with E-state index < -0.39 is 6.10 Å². The first-order valence-electron chi connectivity index (χ1n) is 5.98. The number of rotatable bonds is 6. The van der Waals surface area contributed by atoms with Crippen LogP contribution in [0, 0.1) is 5.92 Å². The van der Waals surface area contributed by atoms with Crippen molar-refractivity contribution in [2.45, 2.75) is 32.8 Å². The second-order valence-electron chi connectivity index (χ2n) is 4.60. The zero-order valence-electron chi connectivity index (χ0n) is 11.1. The first-order chi connectivity index (χ1) is 8.08. The minimum Gasteiger partial charge on any atom is -0.493 e. The molecule has 0 saturated carbocycles. The third-order valence-electron chi connectivity index (χ3n) is 2.81. The first-order valence-corrected chi connectivity index (χ1v) is 5.98. The Labute approximate surface area is 103 Å². The number of hydrogen-bond acceptors (Lipinski definition) is 3. The van der Waals surface area contributed by atoms with Gasteiger partial charge in [0.05, 0.1) is 20.3 Å². The summed E-state index contributed by atoms with van der Waals surface area (Å²) in [6.45, 7) is 4.31. The lowest BCUT2D eigenvalue weighted by molar-refractivity contribution is 0.158. The summed E-state index contributed by atoms with van der Waals surface area (Å²) in [6.07, 6.45) is 1.35. The Bertz CT molecular complexity index is 347. The third kappa shape index (κ3) is 3.93. The Balaban J connectivity index is 2.77. The summed E-state index contributed by atoms with van der Waals surface area (Å²) in [5.74, 6) is 1.95. The van der Waals surface area contributed by atoms with Crippen LogP contribution in [0.15, 0.2) is 18.2 Å². The van der Waals surface area contributed by atoms with Gasteiger partial charge in [-0.2, -0.15) is 0 Å². The van der Waals surface area contributed by atoms with Gasteiger partial charge in [0.2, 0.25) is 0 Å². The minimum atomic E-state index is -0.433. The van der Waals surface area contributed by atoms with E-state index in [1.807, 2.05) is 18.2 Å². The van der Waals surface area contributed by atoms with Gasteiger partial charge in [0, 0.05) is 0 Å². The molecule has 96 valence electrons. The van der Waals surface area contributed by atoms with Gasteiger partial charge in [-0.15, -0.1) is 0 Å². The Morgan fingerprint density at radius 1 is 1.06 bits per heavy atom. The zero-order chi connectivity index (χ0) is 12.8. The molecule has 0 bridgehead atoms. The van der Waals surface area contributed by atoms with Crippen molar-refractivity contribution < 1.29 is 14.6 Å². The van der Waals surface area contributed by atoms with Crippen LogP contribution in [0.2, 0.25) is 0 Å². The largest absolute Gasteiger partial charge is 0.493 e. The van der Waals surface area contributed by atoms with Gasteiger partial charge in [-0.05, 0) is 36.5 Å². The van der Waals surface area contributed by atoms with Crippen molar-refractivity contribution in [1.29, 1.82) is 0 Å². The van der Waals surface area contributed by atoms with Crippen LogP contribution in [0.5, 0.6) is 11.5 Å². The third-order valence-corrected chi connectivity index (χ3v) is 2.81. The van der Waals surface area contributed by atoms with Crippen molar-refractivity contribution in [3.8, 4) is 11.5 Å². The summed E-state index contributed by atoms with van der Waals surface area (Å²) in [6, 6.07) is 5.54. The van der Waals surface area contributed by atoms with E-state index in [0.29, 0.717) is 17.4 Å². The molecule has 1 unspecified atom stereocenters. The van der Waals surface area contributed by atoms with E-state index in [4.69, 9.17) is 9.47 Å². The quantitative estimate of drug-likeness (QED) is 0.827. The fraction of sp³-hybridized carbons (Fsp3) is 0.571. The topological polar surface area (TPSA) is 38.7 Å². The molecule has 0 spiro atoms. The molecule has 0 aliphatic heterocycles. The van der Waals surface area contributed by atoms with Gasteiger partial charge < -0.3 is 14.6 Å². The molecular formula is C14H22O3. The lowest BCUT2D eigenvalue weighted by Gasteiger charge is -2.15. The highest BCUT2D eigenvalue weighted by Gasteiger charge is 2.12. The normalized spacial score (nSPS) is 12.6. The van der Waals surface area contributed by atoms with Crippen LogP contribution in [-0.2, 0) is 0 Å². The highest BCUT2D eigenvalue weighted by Crippen LogP contribution is 2.31. The van der Waals surface area contributed by atoms with Crippen molar-refractivity contribution >= 4 is 0 Å². The molecule has 3 heteroatoms. The van der Waals surface area contributed by atoms with Crippen LogP contribution in [-0.4, -0.2) is 19.3 Å². The second kappa shape index (κ2) is 6.50. The zero-order valence-corrected chi connectivity index (χ0v) is 11.1. The van der Waals surface area contributed by atoms with Crippen LogP contribution in [0.4, 0.5) is 0 Å². The first kappa shape index (κ1) is 13.8. The van der Waals surface area contributed by atoms with Crippen LogP contribution in [0.1, 0.15) is 38.4 Å². The number of ether oxygens (including phenoxy) is 2. The Morgan fingerprint density at radius 2 is 1.71 bits per heavy atom. The fourth-order valence-electron chi connectivity index (χ4n) is 1.72. The highest BCUT2D eigenvalue weighted by atomic mass is 16.5. The number of aliphatic hydroxyl groups is 1.